The first-order chi connectivity index (χ1) is 33.5. The minimum absolute atomic E-state index is 0.0854. The summed E-state index contributed by atoms with van der Waals surface area (Å²) < 4.78 is 16.8. The summed E-state index contributed by atoms with van der Waals surface area (Å²) in [5.74, 6) is -0.907. The van der Waals surface area contributed by atoms with Gasteiger partial charge in [0.15, 0.2) is 6.10 Å². The van der Waals surface area contributed by atoms with Gasteiger partial charge in [0.25, 0.3) is 0 Å². The van der Waals surface area contributed by atoms with Gasteiger partial charge in [0.2, 0.25) is 0 Å². The first kappa shape index (κ1) is 64.8. The predicted octanol–water partition coefficient (Wildman–Crippen LogP) is 19.4. The molecule has 0 heterocycles. The van der Waals surface area contributed by atoms with E-state index >= 15 is 0 Å². The van der Waals surface area contributed by atoms with Crippen LogP contribution < -0.4 is 0 Å². The summed E-state index contributed by atoms with van der Waals surface area (Å²) >= 11 is 0. The fraction of sp³-hybridized carbons (Fsp3) is 0.758. The highest BCUT2D eigenvalue weighted by atomic mass is 16.6. The lowest BCUT2D eigenvalue weighted by Gasteiger charge is -2.18. The van der Waals surface area contributed by atoms with Crippen LogP contribution in [0.2, 0.25) is 0 Å². The minimum Gasteiger partial charge on any atom is -0.462 e. The third-order valence-electron chi connectivity index (χ3n) is 12.4. The van der Waals surface area contributed by atoms with Crippen LogP contribution in [0.15, 0.2) is 72.9 Å². The highest BCUT2D eigenvalue weighted by Crippen LogP contribution is 2.15. The van der Waals surface area contributed by atoms with E-state index in [9.17, 15) is 14.4 Å². The van der Waals surface area contributed by atoms with Crippen LogP contribution in [-0.4, -0.2) is 37.2 Å². The molecule has 0 spiro atoms. The zero-order valence-corrected chi connectivity index (χ0v) is 44.9. The van der Waals surface area contributed by atoms with Crippen molar-refractivity contribution in [2.45, 2.75) is 290 Å². The van der Waals surface area contributed by atoms with Crippen LogP contribution in [0.1, 0.15) is 284 Å². The van der Waals surface area contributed by atoms with Crippen LogP contribution in [-0.2, 0) is 28.6 Å². The molecule has 0 aliphatic heterocycles. The lowest BCUT2D eigenvalue weighted by molar-refractivity contribution is -0.167. The summed E-state index contributed by atoms with van der Waals surface area (Å²) in [6.07, 6.45) is 71.8. The van der Waals surface area contributed by atoms with Crippen LogP contribution >= 0.6 is 0 Å². The Kier molecular flexibility index (Phi) is 53.8. The number of allylic oxidation sites excluding steroid dienone is 12. The SMILES string of the molecule is CCC/C=C\C/C=C\CCCCCCCC(=O)OC(COC(=O)CCCCCCC/C=C\CCCCC)COC(=O)CCCCCCCCCCCC/C=C\C/C=C\C/C=C\CCCCCCC. The van der Waals surface area contributed by atoms with E-state index in [0.717, 1.165) is 109 Å². The maximum atomic E-state index is 12.8. The van der Waals surface area contributed by atoms with E-state index in [0.29, 0.717) is 19.3 Å². The number of carbonyl (C=O) groups excluding carboxylic acids is 3. The lowest BCUT2D eigenvalue weighted by atomic mass is 10.1. The van der Waals surface area contributed by atoms with E-state index < -0.39 is 6.10 Å². The van der Waals surface area contributed by atoms with Gasteiger partial charge < -0.3 is 14.2 Å². The van der Waals surface area contributed by atoms with Crippen molar-refractivity contribution in [3.05, 3.63) is 72.9 Å². The third-order valence-corrected chi connectivity index (χ3v) is 12.4. The number of carbonyl (C=O) groups is 3. The summed E-state index contributed by atoms with van der Waals surface area (Å²) in [5, 5.41) is 0. The van der Waals surface area contributed by atoms with Gasteiger partial charge in [-0.1, -0.05) is 229 Å². The van der Waals surface area contributed by atoms with Crippen LogP contribution in [0.25, 0.3) is 0 Å². The maximum absolute atomic E-state index is 12.8. The Morgan fingerprint density at radius 1 is 0.294 bits per heavy atom. The summed E-state index contributed by atoms with van der Waals surface area (Å²) in [6, 6.07) is 0. The van der Waals surface area contributed by atoms with Crippen molar-refractivity contribution < 1.29 is 28.6 Å². The van der Waals surface area contributed by atoms with Gasteiger partial charge in [-0.05, 0) is 109 Å². The fourth-order valence-corrected chi connectivity index (χ4v) is 8.01. The second-order valence-corrected chi connectivity index (χ2v) is 19.2. The molecule has 0 aromatic heterocycles. The van der Waals surface area contributed by atoms with Crippen LogP contribution in [0.5, 0.6) is 0 Å². The van der Waals surface area contributed by atoms with Crippen LogP contribution in [0.4, 0.5) is 0 Å². The van der Waals surface area contributed by atoms with E-state index in [1.54, 1.807) is 0 Å². The second kappa shape index (κ2) is 56.4. The van der Waals surface area contributed by atoms with Crippen molar-refractivity contribution in [3.8, 4) is 0 Å². The highest BCUT2D eigenvalue weighted by Gasteiger charge is 2.19. The van der Waals surface area contributed by atoms with Gasteiger partial charge in [0.1, 0.15) is 13.2 Å². The average Bonchev–Trinajstić information content (AvgIpc) is 3.34. The summed E-state index contributed by atoms with van der Waals surface area (Å²) in [6.45, 7) is 6.53. The van der Waals surface area contributed by atoms with Gasteiger partial charge in [0.05, 0.1) is 0 Å². The smallest absolute Gasteiger partial charge is 0.306 e. The Balaban J connectivity index is 4.27. The molecule has 0 aliphatic rings. The van der Waals surface area contributed by atoms with Gasteiger partial charge in [0, 0.05) is 19.3 Å². The molecule has 1 atom stereocenters. The van der Waals surface area contributed by atoms with Gasteiger partial charge in [-0.2, -0.15) is 0 Å². The molecule has 0 rings (SSSR count). The van der Waals surface area contributed by atoms with Gasteiger partial charge >= 0.3 is 17.9 Å². The van der Waals surface area contributed by atoms with E-state index in [2.05, 4.69) is 93.7 Å². The quantitative estimate of drug-likeness (QED) is 0.0262. The largest absolute Gasteiger partial charge is 0.462 e. The number of hydrogen-bond donors (Lipinski definition) is 0. The van der Waals surface area contributed by atoms with Crippen molar-refractivity contribution in [1.29, 1.82) is 0 Å². The Hall–Kier alpha value is -3.15. The lowest BCUT2D eigenvalue weighted by Crippen LogP contribution is -2.30. The van der Waals surface area contributed by atoms with E-state index in [1.807, 2.05) is 0 Å². The molecule has 0 bridgehead atoms. The molecule has 1 unspecified atom stereocenters. The molecule has 68 heavy (non-hydrogen) atoms. The third kappa shape index (κ3) is 53.8. The number of rotatable bonds is 52. The molecular formula is C62H108O6. The van der Waals surface area contributed by atoms with Crippen molar-refractivity contribution in [3.63, 3.8) is 0 Å². The molecule has 0 fully saturated rings. The number of esters is 3. The Bertz CT molecular complexity index is 1270. The topological polar surface area (TPSA) is 78.9 Å². The zero-order valence-electron chi connectivity index (χ0n) is 44.9. The number of hydrogen-bond acceptors (Lipinski definition) is 6. The number of ether oxygens (including phenoxy) is 3. The second-order valence-electron chi connectivity index (χ2n) is 19.2. The molecule has 0 N–H and O–H groups in total. The number of unbranched alkanes of at least 4 members (excludes halogenated alkanes) is 29. The van der Waals surface area contributed by atoms with Gasteiger partial charge in [-0.25, -0.2) is 0 Å². The molecule has 0 saturated heterocycles. The molecule has 0 amide bonds. The van der Waals surface area contributed by atoms with Crippen LogP contribution in [0, 0.1) is 0 Å². The van der Waals surface area contributed by atoms with Crippen molar-refractivity contribution in [1.82, 2.24) is 0 Å². The molecule has 6 nitrogen and oxygen atoms in total. The van der Waals surface area contributed by atoms with Crippen LogP contribution in [0.3, 0.4) is 0 Å². The summed E-state index contributed by atoms with van der Waals surface area (Å²) in [7, 11) is 0. The normalized spacial score (nSPS) is 12.6. The highest BCUT2D eigenvalue weighted by molar-refractivity contribution is 5.71. The first-order valence-corrected chi connectivity index (χ1v) is 28.9. The minimum atomic E-state index is -0.787. The fourth-order valence-electron chi connectivity index (χ4n) is 8.01. The van der Waals surface area contributed by atoms with Crippen molar-refractivity contribution >= 4 is 17.9 Å². The zero-order chi connectivity index (χ0) is 49.3. The van der Waals surface area contributed by atoms with E-state index in [4.69, 9.17) is 14.2 Å². The molecule has 392 valence electrons. The Morgan fingerprint density at radius 2 is 0.559 bits per heavy atom. The Morgan fingerprint density at radius 3 is 0.926 bits per heavy atom. The molecule has 0 aromatic rings. The maximum Gasteiger partial charge on any atom is 0.306 e. The van der Waals surface area contributed by atoms with Gasteiger partial charge in [-0.15, -0.1) is 0 Å². The molecule has 0 aromatic carbocycles. The molecule has 0 aliphatic carbocycles. The molecule has 6 heteroatoms. The van der Waals surface area contributed by atoms with E-state index in [-0.39, 0.29) is 31.1 Å². The van der Waals surface area contributed by atoms with Crippen molar-refractivity contribution in [2.75, 3.05) is 13.2 Å². The standard InChI is InChI=1S/C62H108O6/c1-4-7-10-13-16-19-22-25-26-27-28-29-30-31-32-33-34-35-36-38-40-43-46-49-52-55-61(64)67-58-59(57-66-60(63)54-51-48-45-42-39-24-21-18-15-12-9-6-3)68-62(65)56-53-50-47-44-41-37-23-20-17-14-11-8-5-2/h11,14,18,20-23,25,27-28,30-31,59H,4-10,12-13,15-17,19,24,26,29,32-58H2,1-3H3/b14-11-,21-18-,23-20-,25-22-,28-27-,31-30-. The molecular weight excluding hydrogens is 841 g/mol. The molecule has 0 saturated carbocycles. The average molecular weight is 950 g/mol. The van der Waals surface area contributed by atoms with Crippen molar-refractivity contribution in [2.24, 2.45) is 0 Å². The summed E-state index contributed by atoms with van der Waals surface area (Å²) in [4.78, 5) is 38.1. The Labute approximate surface area is 421 Å². The van der Waals surface area contributed by atoms with E-state index in [1.165, 1.54) is 135 Å². The first-order valence-electron chi connectivity index (χ1n) is 28.9. The summed E-state index contributed by atoms with van der Waals surface area (Å²) in [5.41, 5.74) is 0. The monoisotopic (exact) mass is 949 g/mol. The predicted molar refractivity (Wildman–Crippen MR) is 293 cm³/mol. The van der Waals surface area contributed by atoms with Gasteiger partial charge in [-0.3, -0.25) is 14.4 Å². The molecule has 0 radical (unpaired) electrons.